The van der Waals surface area contributed by atoms with Gasteiger partial charge in [0.1, 0.15) is 18.4 Å². The number of anilines is 2. The van der Waals surface area contributed by atoms with E-state index in [1.54, 1.807) is 13.3 Å². The molecule has 1 aliphatic heterocycles. The Morgan fingerprint density at radius 2 is 1.92 bits per heavy atom. The number of benzene rings is 2. The molecular weight excluding hydrogens is 498 g/mol. The molecule has 0 bridgehead atoms. The number of carbonyl (C=O) groups excluding carboxylic acids is 1. The van der Waals surface area contributed by atoms with Gasteiger partial charge >= 0.3 is 0 Å². The number of ether oxygens (including phenoxy) is 2. The van der Waals surface area contributed by atoms with Gasteiger partial charge in [0, 0.05) is 48.3 Å². The van der Waals surface area contributed by atoms with Crippen LogP contribution >= 0.6 is 12.2 Å². The second-order valence-corrected chi connectivity index (χ2v) is 9.37. The van der Waals surface area contributed by atoms with Gasteiger partial charge in [-0.3, -0.25) is 9.78 Å². The number of hydrogen-bond acceptors (Lipinski definition) is 5. The van der Waals surface area contributed by atoms with Gasteiger partial charge in [0.2, 0.25) is 5.91 Å². The van der Waals surface area contributed by atoms with Gasteiger partial charge in [-0.2, -0.15) is 0 Å². The first-order valence-corrected chi connectivity index (χ1v) is 12.6. The van der Waals surface area contributed by atoms with Crippen molar-refractivity contribution >= 4 is 34.6 Å². The van der Waals surface area contributed by atoms with Crippen LogP contribution in [-0.2, 0) is 9.53 Å². The van der Waals surface area contributed by atoms with E-state index in [2.05, 4.69) is 37.2 Å². The molecule has 1 saturated heterocycles. The van der Waals surface area contributed by atoms with E-state index in [4.69, 9.17) is 21.7 Å². The molecule has 3 heterocycles. The molecule has 0 saturated carbocycles. The first-order chi connectivity index (χ1) is 18.5. The molecule has 1 amide bonds. The van der Waals surface area contributed by atoms with Crippen LogP contribution in [0.2, 0.25) is 0 Å². The maximum atomic E-state index is 12.1. The van der Waals surface area contributed by atoms with E-state index < -0.39 is 0 Å². The van der Waals surface area contributed by atoms with E-state index in [1.807, 2.05) is 73.8 Å². The number of aryl methyl sites for hydroxylation is 1. The Morgan fingerprint density at radius 1 is 1.05 bits per heavy atom. The van der Waals surface area contributed by atoms with Crippen LogP contribution in [0.15, 0.2) is 85.2 Å². The van der Waals surface area contributed by atoms with E-state index in [-0.39, 0.29) is 24.6 Å². The monoisotopic (exact) mass is 527 g/mol. The number of pyridine rings is 1. The molecule has 194 valence electrons. The third kappa shape index (κ3) is 4.98. The number of nitrogens with one attached hydrogen (secondary N) is 2. The average molecular weight is 528 g/mol. The molecule has 38 heavy (non-hydrogen) atoms. The fourth-order valence-corrected chi connectivity index (χ4v) is 5.17. The Labute approximate surface area is 227 Å². The van der Waals surface area contributed by atoms with Gasteiger partial charge in [0.25, 0.3) is 0 Å². The molecule has 0 aliphatic carbocycles. The number of methoxy groups -OCH3 is 2. The summed E-state index contributed by atoms with van der Waals surface area (Å²) in [5.41, 5.74) is 5.46. The van der Waals surface area contributed by atoms with Crippen molar-refractivity contribution in [1.29, 1.82) is 0 Å². The Balaban J connectivity index is 1.59. The summed E-state index contributed by atoms with van der Waals surface area (Å²) in [6.45, 7) is 1.96. The molecule has 2 aromatic heterocycles. The first-order valence-electron chi connectivity index (χ1n) is 12.2. The molecule has 0 spiro atoms. The maximum absolute atomic E-state index is 12.1. The van der Waals surface area contributed by atoms with Gasteiger partial charge in [-0.15, -0.1) is 0 Å². The second-order valence-electron chi connectivity index (χ2n) is 8.98. The van der Waals surface area contributed by atoms with Crippen molar-refractivity contribution in [2.75, 3.05) is 31.0 Å². The number of aromatic nitrogens is 2. The van der Waals surface area contributed by atoms with Crippen molar-refractivity contribution in [1.82, 2.24) is 14.9 Å². The number of rotatable bonds is 8. The Bertz CT molecular complexity index is 1460. The Kier molecular flexibility index (Phi) is 7.39. The molecule has 5 rings (SSSR count). The summed E-state index contributed by atoms with van der Waals surface area (Å²) >= 11 is 5.90. The third-order valence-corrected chi connectivity index (χ3v) is 6.87. The maximum Gasteiger partial charge on any atom is 0.250 e. The lowest BCUT2D eigenvalue weighted by Gasteiger charge is -2.29. The van der Waals surface area contributed by atoms with Crippen LogP contribution in [0, 0.1) is 6.92 Å². The highest BCUT2D eigenvalue weighted by Gasteiger charge is 2.42. The van der Waals surface area contributed by atoms with Crippen LogP contribution in [0.5, 0.6) is 5.75 Å². The van der Waals surface area contributed by atoms with Crippen LogP contribution in [-0.4, -0.2) is 41.4 Å². The van der Waals surface area contributed by atoms with E-state index >= 15 is 0 Å². The summed E-state index contributed by atoms with van der Waals surface area (Å²) in [5, 5.41) is 7.01. The molecule has 9 heteroatoms. The molecular formula is C29H29N5O3S. The van der Waals surface area contributed by atoms with Gasteiger partial charge in [0.15, 0.2) is 5.11 Å². The summed E-state index contributed by atoms with van der Waals surface area (Å²) in [5.74, 6) is 0.577. The molecule has 1 aliphatic rings. The van der Waals surface area contributed by atoms with Crippen molar-refractivity contribution in [3.63, 3.8) is 0 Å². The molecule has 4 aromatic rings. The summed E-state index contributed by atoms with van der Waals surface area (Å²) in [7, 11) is 3.16. The normalized spacial score (nSPS) is 16.8. The molecule has 0 radical (unpaired) electrons. The van der Waals surface area contributed by atoms with Crippen molar-refractivity contribution < 1.29 is 14.3 Å². The van der Waals surface area contributed by atoms with E-state index in [0.717, 1.165) is 39.8 Å². The predicted octanol–water partition coefficient (Wildman–Crippen LogP) is 4.95. The highest BCUT2D eigenvalue weighted by Crippen LogP contribution is 2.43. The number of hydrogen-bond donors (Lipinski definition) is 2. The Morgan fingerprint density at radius 3 is 2.66 bits per heavy atom. The van der Waals surface area contributed by atoms with Crippen LogP contribution in [0.25, 0.3) is 5.69 Å². The molecule has 2 aromatic carbocycles. The Hall–Kier alpha value is -4.21. The van der Waals surface area contributed by atoms with Crippen molar-refractivity contribution in [3.05, 3.63) is 102 Å². The van der Waals surface area contributed by atoms with Gasteiger partial charge in [-0.25, -0.2) is 0 Å². The number of thiocarbonyl (C=S) groups is 1. The molecule has 0 unspecified atom stereocenters. The first kappa shape index (κ1) is 25.4. The zero-order valence-corrected chi connectivity index (χ0v) is 22.2. The van der Waals surface area contributed by atoms with Crippen LogP contribution in [0.3, 0.4) is 0 Å². The zero-order valence-electron chi connectivity index (χ0n) is 21.4. The molecule has 1 fully saturated rings. The van der Waals surface area contributed by atoms with Crippen LogP contribution in [0.1, 0.15) is 29.0 Å². The topological polar surface area (TPSA) is 80.7 Å². The standard InChI is InChI=1S/C29H29N5O3S/c1-19-16-21(12-13-23(19)31-26(35)18-36-2)34-28(27(32-29(34)38)24-10-4-5-14-30-24)25-11-7-15-33(25)20-8-6-9-22(17-20)37-3/h4-17,27-28H,18H2,1-3H3,(H,31,35)(H,32,38)/t27-,28+/m0/s1. The van der Waals surface area contributed by atoms with Crippen LogP contribution in [0.4, 0.5) is 11.4 Å². The minimum Gasteiger partial charge on any atom is -0.497 e. The van der Waals surface area contributed by atoms with E-state index in [1.165, 1.54) is 7.11 Å². The van der Waals surface area contributed by atoms with E-state index in [0.29, 0.717) is 5.11 Å². The lowest BCUT2D eigenvalue weighted by molar-refractivity contribution is -0.119. The highest BCUT2D eigenvalue weighted by molar-refractivity contribution is 7.80. The minimum absolute atomic E-state index is 0.00356. The quantitative estimate of drug-likeness (QED) is 0.314. The van der Waals surface area contributed by atoms with E-state index in [9.17, 15) is 4.79 Å². The number of amides is 1. The van der Waals surface area contributed by atoms with Gasteiger partial charge in [0.05, 0.1) is 18.8 Å². The van der Waals surface area contributed by atoms with Crippen molar-refractivity contribution in [2.45, 2.75) is 19.0 Å². The van der Waals surface area contributed by atoms with Gasteiger partial charge < -0.3 is 29.6 Å². The smallest absolute Gasteiger partial charge is 0.250 e. The summed E-state index contributed by atoms with van der Waals surface area (Å²) in [6.07, 6.45) is 3.83. The highest BCUT2D eigenvalue weighted by atomic mass is 32.1. The fraction of sp³-hybridized carbons (Fsp3) is 0.207. The van der Waals surface area contributed by atoms with Crippen molar-refractivity contribution in [2.24, 2.45) is 0 Å². The summed E-state index contributed by atoms with van der Waals surface area (Å²) < 4.78 is 12.6. The molecule has 2 N–H and O–H groups in total. The second kappa shape index (κ2) is 11.0. The molecule has 8 nitrogen and oxygen atoms in total. The van der Waals surface area contributed by atoms with Gasteiger partial charge in [-0.05, 0) is 79.3 Å². The van der Waals surface area contributed by atoms with Crippen molar-refractivity contribution in [3.8, 4) is 11.4 Å². The minimum atomic E-state index is -0.203. The largest absolute Gasteiger partial charge is 0.497 e. The van der Waals surface area contributed by atoms with Gasteiger partial charge in [-0.1, -0.05) is 12.1 Å². The summed E-state index contributed by atoms with van der Waals surface area (Å²) in [6, 6.07) is 23.5. The zero-order chi connectivity index (χ0) is 26.6. The lowest BCUT2D eigenvalue weighted by atomic mass is 10.00. The predicted molar refractivity (Wildman–Crippen MR) is 152 cm³/mol. The number of nitrogens with zero attached hydrogens (tertiary/aromatic N) is 3. The lowest BCUT2D eigenvalue weighted by Crippen LogP contribution is -2.30. The fourth-order valence-electron chi connectivity index (χ4n) is 4.82. The number of carbonyl (C=O) groups is 1. The van der Waals surface area contributed by atoms with Crippen LogP contribution < -0.4 is 20.3 Å². The third-order valence-electron chi connectivity index (χ3n) is 6.55. The summed E-state index contributed by atoms with van der Waals surface area (Å²) in [4.78, 5) is 18.9. The molecule has 2 atom stereocenters. The average Bonchev–Trinajstić information content (AvgIpc) is 3.55. The SMILES string of the molecule is COCC(=O)Nc1ccc(N2C(=S)N[C@@H](c3ccccn3)[C@H]2c2cccn2-c2cccc(OC)c2)cc1C.